The number of benzene rings is 1. The molecule has 0 aliphatic carbocycles. The molecule has 8 heteroatoms. The zero-order valence-electron chi connectivity index (χ0n) is 17.4. The zero-order valence-corrected chi connectivity index (χ0v) is 19.8. The summed E-state index contributed by atoms with van der Waals surface area (Å²) in [6.45, 7) is 10.1. The van der Waals surface area contributed by atoms with Crippen molar-refractivity contribution in [2.24, 2.45) is 4.99 Å². The van der Waals surface area contributed by atoms with Crippen LogP contribution in [0.5, 0.6) is 5.75 Å². The Bertz CT molecular complexity index is 579. The van der Waals surface area contributed by atoms with Gasteiger partial charge in [-0.05, 0) is 39.1 Å². The molecule has 1 aliphatic heterocycles. The van der Waals surface area contributed by atoms with Gasteiger partial charge in [-0.2, -0.15) is 0 Å². The van der Waals surface area contributed by atoms with Gasteiger partial charge in [0.1, 0.15) is 5.75 Å². The van der Waals surface area contributed by atoms with Crippen LogP contribution in [-0.2, 0) is 4.74 Å². The van der Waals surface area contributed by atoms with E-state index in [1.165, 1.54) is 0 Å². The Kier molecular flexibility index (Phi) is 12.2. The van der Waals surface area contributed by atoms with E-state index in [0.717, 1.165) is 77.0 Å². The number of rotatable bonds is 9. The quantitative estimate of drug-likeness (QED) is 0.232. The molecule has 2 N–H and O–H groups in total. The average molecular weight is 505 g/mol. The molecule has 1 heterocycles. The lowest BCUT2D eigenvalue weighted by atomic mass is 10.2. The summed E-state index contributed by atoms with van der Waals surface area (Å²) >= 11 is 0. The van der Waals surface area contributed by atoms with Gasteiger partial charge < -0.3 is 29.9 Å². The third-order valence-electron chi connectivity index (χ3n) is 4.77. The fraction of sp³-hybridized carbons (Fsp3) is 0.650. The number of guanidine groups is 1. The molecule has 0 saturated carbocycles. The molecule has 1 saturated heterocycles. The van der Waals surface area contributed by atoms with Crippen molar-refractivity contribution in [1.82, 2.24) is 15.1 Å². The first-order chi connectivity index (χ1) is 13.2. The summed E-state index contributed by atoms with van der Waals surface area (Å²) in [7, 11) is 3.85. The number of piperazine rings is 1. The lowest BCUT2D eigenvalue weighted by molar-refractivity contribution is 0.161. The van der Waals surface area contributed by atoms with Gasteiger partial charge in [0, 0.05) is 52.9 Å². The minimum atomic E-state index is 0. The Hall–Kier alpha value is -1.26. The van der Waals surface area contributed by atoms with Gasteiger partial charge in [-0.15, -0.1) is 24.0 Å². The highest BCUT2D eigenvalue weighted by Gasteiger charge is 2.21. The maximum atomic E-state index is 10.1. The van der Waals surface area contributed by atoms with E-state index in [0.29, 0.717) is 5.75 Å². The fourth-order valence-corrected chi connectivity index (χ4v) is 3.20. The third-order valence-corrected chi connectivity index (χ3v) is 4.77. The van der Waals surface area contributed by atoms with E-state index in [1.54, 1.807) is 13.2 Å². The van der Waals surface area contributed by atoms with Gasteiger partial charge in [-0.1, -0.05) is 12.1 Å². The van der Waals surface area contributed by atoms with Crippen molar-refractivity contribution in [2.45, 2.75) is 13.3 Å². The van der Waals surface area contributed by atoms with Crippen LogP contribution in [0.3, 0.4) is 0 Å². The van der Waals surface area contributed by atoms with Crippen molar-refractivity contribution < 1.29 is 9.84 Å². The molecule has 1 aliphatic rings. The number of methoxy groups -OCH3 is 1. The first-order valence-corrected chi connectivity index (χ1v) is 9.89. The number of aromatic hydroxyl groups is 1. The topological polar surface area (TPSA) is 63.6 Å². The highest BCUT2D eigenvalue weighted by Crippen LogP contribution is 2.27. The highest BCUT2D eigenvalue weighted by atomic mass is 127. The van der Waals surface area contributed by atoms with Crippen molar-refractivity contribution >= 4 is 35.6 Å². The Labute approximate surface area is 186 Å². The number of aliphatic imine (C=N–C) groups is 1. The SMILES string of the molecule is CCNC(=NCCCN(C)CCOC)N1CCN(c2ccccc2O)CC1.I. The largest absolute Gasteiger partial charge is 0.506 e. The Morgan fingerprint density at radius 2 is 1.93 bits per heavy atom. The summed E-state index contributed by atoms with van der Waals surface area (Å²) in [5.41, 5.74) is 0.915. The van der Waals surface area contributed by atoms with E-state index >= 15 is 0 Å². The number of nitrogens with zero attached hydrogens (tertiary/aromatic N) is 4. The number of phenols is 1. The Morgan fingerprint density at radius 3 is 2.57 bits per heavy atom. The number of para-hydroxylation sites is 2. The molecule has 2 rings (SSSR count). The third kappa shape index (κ3) is 8.00. The van der Waals surface area contributed by atoms with Gasteiger partial charge in [0.15, 0.2) is 5.96 Å². The van der Waals surface area contributed by atoms with Gasteiger partial charge in [-0.25, -0.2) is 0 Å². The van der Waals surface area contributed by atoms with Gasteiger partial charge in [0.05, 0.1) is 12.3 Å². The summed E-state index contributed by atoms with van der Waals surface area (Å²) in [5.74, 6) is 1.35. The lowest BCUT2D eigenvalue weighted by Crippen LogP contribution is -2.52. The van der Waals surface area contributed by atoms with Crippen molar-refractivity contribution in [1.29, 1.82) is 0 Å². The minimum absolute atomic E-state index is 0. The van der Waals surface area contributed by atoms with Crippen LogP contribution >= 0.6 is 24.0 Å². The van der Waals surface area contributed by atoms with Crippen molar-refractivity contribution in [3.05, 3.63) is 24.3 Å². The summed E-state index contributed by atoms with van der Waals surface area (Å²) in [6, 6.07) is 7.55. The predicted octanol–water partition coefficient (Wildman–Crippen LogP) is 2.07. The molecule has 0 atom stereocenters. The molecule has 1 fully saturated rings. The maximum absolute atomic E-state index is 10.1. The molecule has 1 aromatic rings. The maximum Gasteiger partial charge on any atom is 0.194 e. The van der Waals surface area contributed by atoms with E-state index in [4.69, 9.17) is 9.73 Å². The second kappa shape index (κ2) is 13.8. The van der Waals surface area contributed by atoms with Crippen molar-refractivity contribution in [2.75, 3.05) is 78.0 Å². The molecule has 7 nitrogen and oxygen atoms in total. The van der Waals surface area contributed by atoms with E-state index in [1.807, 2.05) is 18.2 Å². The van der Waals surface area contributed by atoms with Crippen LogP contribution in [0.25, 0.3) is 0 Å². The van der Waals surface area contributed by atoms with Crippen LogP contribution in [0, 0.1) is 0 Å². The molecular formula is C20H36IN5O2. The molecular weight excluding hydrogens is 469 g/mol. The van der Waals surface area contributed by atoms with Crippen LogP contribution in [0.15, 0.2) is 29.3 Å². The average Bonchev–Trinajstić information content (AvgIpc) is 2.69. The summed E-state index contributed by atoms with van der Waals surface area (Å²) in [5, 5.41) is 13.5. The van der Waals surface area contributed by atoms with Crippen molar-refractivity contribution in [3.8, 4) is 5.75 Å². The molecule has 28 heavy (non-hydrogen) atoms. The molecule has 0 radical (unpaired) electrons. The normalized spacial score (nSPS) is 14.9. The standard InChI is InChI=1S/C20H35N5O2.HI/c1-4-21-20(22-10-7-11-23(2)16-17-27-3)25-14-12-24(13-15-25)18-8-5-6-9-19(18)26;/h5-6,8-9,26H,4,7,10-17H2,1-3H3,(H,21,22);1H. The number of nitrogens with one attached hydrogen (secondary N) is 1. The molecule has 0 amide bonds. The summed E-state index contributed by atoms with van der Waals surface area (Å²) < 4.78 is 5.11. The Morgan fingerprint density at radius 1 is 1.21 bits per heavy atom. The fourth-order valence-electron chi connectivity index (χ4n) is 3.20. The second-order valence-corrected chi connectivity index (χ2v) is 6.85. The first kappa shape index (κ1) is 24.8. The first-order valence-electron chi connectivity index (χ1n) is 9.89. The predicted molar refractivity (Wildman–Crippen MR) is 127 cm³/mol. The summed E-state index contributed by atoms with van der Waals surface area (Å²) in [6.07, 6.45) is 1.03. The molecule has 160 valence electrons. The van der Waals surface area contributed by atoms with Crippen molar-refractivity contribution in [3.63, 3.8) is 0 Å². The van der Waals surface area contributed by atoms with Crippen LogP contribution in [0.2, 0.25) is 0 Å². The summed E-state index contributed by atoms with van der Waals surface area (Å²) in [4.78, 5) is 11.6. The van der Waals surface area contributed by atoms with E-state index in [2.05, 4.69) is 34.0 Å². The molecule has 0 bridgehead atoms. The van der Waals surface area contributed by atoms with Crippen LogP contribution in [0.1, 0.15) is 13.3 Å². The Balaban J connectivity index is 0.00000392. The van der Waals surface area contributed by atoms with Gasteiger partial charge >= 0.3 is 0 Å². The van der Waals surface area contributed by atoms with E-state index in [9.17, 15) is 5.11 Å². The van der Waals surface area contributed by atoms with Crippen LogP contribution < -0.4 is 10.2 Å². The second-order valence-electron chi connectivity index (χ2n) is 6.85. The smallest absolute Gasteiger partial charge is 0.194 e. The number of hydrogen-bond donors (Lipinski definition) is 2. The van der Waals surface area contributed by atoms with Gasteiger partial charge in [-0.3, -0.25) is 4.99 Å². The molecule has 1 aromatic carbocycles. The van der Waals surface area contributed by atoms with Gasteiger partial charge in [0.25, 0.3) is 0 Å². The highest BCUT2D eigenvalue weighted by molar-refractivity contribution is 14.0. The number of halogens is 1. The molecule has 0 unspecified atom stereocenters. The monoisotopic (exact) mass is 505 g/mol. The number of ether oxygens (including phenoxy) is 1. The van der Waals surface area contributed by atoms with Gasteiger partial charge in [0.2, 0.25) is 0 Å². The molecule has 0 aromatic heterocycles. The number of phenolic OH excluding ortho intramolecular Hbond substituents is 1. The van der Waals surface area contributed by atoms with E-state index < -0.39 is 0 Å². The number of hydrogen-bond acceptors (Lipinski definition) is 5. The minimum Gasteiger partial charge on any atom is -0.506 e. The number of likely N-dealkylation sites (N-methyl/N-ethyl adjacent to an activating group) is 1. The zero-order chi connectivity index (χ0) is 19.5. The lowest BCUT2D eigenvalue weighted by Gasteiger charge is -2.37. The number of anilines is 1. The van der Waals surface area contributed by atoms with E-state index in [-0.39, 0.29) is 24.0 Å². The molecule has 0 spiro atoms. The van der Waals surface area contributed by atoms with Crippen LogP contribution in [0.4, 0.5) is 5.69 Å². The van der Waals surface area contributed by atoms with Crippen LogP contribution in [-0.4, -0.2) is 94.0 Å².